The molecule has 1 saturated heterocycles. The van der Waals surface area contributed by atoms with Crippen LogP contribution in [0.3, 0.4) is 0 Å². The second-order valence-electron chi connectivity index (χ2n) is 5.02. The number of hydrogen-bond acceptors (Lipinski definition) is 5. The van der Waals surface area contributed by atoms with Gasteiger partial charge < -0.3 is 15.4 Å². The Kier molecular flexibility index (Phi) is 5.89. The Bertz CT molecular complexity index is 479. The van der Waals surface area contributed by atoms with Crippen molar-refractivity contribution < 1.29 is 14.1 Å². The van der Waals surface area contributed by atoms with Gasteiger partial charge in [-0.15, -0.1) is 0 Å². The number of halogens is 1. The van der Waals surface area contributed by atoms with Crippen molar-refractivity contribution in [2.24, 2.45) is 0 Å². The molecule has 0 aromatic heterocycles. The van der Waals surface area contributed by atoms with Crippen LogP contribution < -0.4 is 10.6 Å². The molecule has 2 N–H and O–H groups in total. The number of rotatable bonds is 7. The van der Waals surface area contributed by atoms with Crippen LogP contribution in [-0.4, -0.2) is 37.3 Å². The summed E-state index contributed by atoms with van der Waals surface area (Å²) < 4.78 is 18.9. The van der Waals surface area contributed by atoms with Crippen molar-refractivity contribution in [3.05, 3.63) is 34.1 Å². The normalized spacial score (nSPS) is 15.9. The van der Waals surface area contributed by atoms with Gasteiger partial charge in [0.05, 0.1) is 11.0 Å². The van der Waals surface area contributed by atoms with Crippen molar-refractivity contribution in [1.29, 1.82) is 0 Å². The van der Waals surface area contributed by atoms with E-state index in [-0.39, 0.29) is 11.4 Å². The SMILES string of the molecule is O=[N+]([O-])c1ccc(F)cc1NCCCOC1CCNCC1. The van der Waals surface area contributed by atoms with E-state index in [0.717, 1.165) is 44.5 Å². The van der Waals surface area contributed by atoms with Crippen molar-refractivity contribution in [3.8, 4) is 0 Å². The maximum absolute atomic E-state index is 13.1. The average Bonchev–Trinajstić information content (AvgIpc) is 2.48. The molecule has 0 saturated carbocycles. The van der Waals surface area contributed by atoms with Crippen LogP contribution in [0.25, 0.3) is 0 Å². The highest BCUT2D eigenvalue weighted by atomic mass is 19.1. The standard InChI is InChI=1S/C14H20FN3O3/c15-11-2-3-14(18(19)20)13(10-11)17-6-1-9-21-12-4-7-16-8-5-12/h2-3,10,12,16-17H,1,4-9H2. The zero-order valence-electron chi connectivity index (χ0n) is 11.8. The summed E-state index contributed by atoms with van der Waals surface area (Å²) in [5.74, 6) is -0.492. The van der Waals surface area contributed by atoms with E-state index in [0.29, 0.717) is 19.3 Å². The van der Waals surface area contributed by atoms with Gasteiger partial charge in [0.15, 0.2) is 0 Å². The van der Waals surface area contributed by atoms with Gasteiger partial charge >= 0.3 is 0 Å². The van der Waals surface area contributed by atoms with Crippen LogP contribution in [-0.2, 0) is 4.74 Å². The van der Waals surface area contributed by atoms with Gasteiger partial charge in [0.1, 0.15) is 11.5 Å². The van der Waals surface area contributed by atoms with E-state index >= 15 is 0 Å². The Labute approximate surface area is 122 Å². The molecule has 0 radical (unpaired) electrons. The monoisotopic (exact) mass is 297 g/mol. The zero-order chi connectivity index (χ0) is 15.1. The number of nitrogens with one attached hydrogen (secondary N) is 2. The molecule has 1 heterocycles. The van der Waals surface area contributed by atoms with E-state index < -0.39 is 10.7 Å². The smallest absolute Gasteiger partial charge is 0.292 e. The predicted octanol–water partition coefficient (Wildman–Crippen LogP) is 2.30. The highest BCUT2D eigenvalue weighted by Gasteiger charge is 2.14. The van der Waals surface area contributed by atoms with E-state index in [1.54, 1.807) is 0 Å². The van der Waals surface area contributed by atoms with Crippen molar-refractivity contribution in [2.45, 2.75) is 25.4 Å². The minimum atomic E-state index is -0.521. The molecule has 1 aliphatic rings. The fraction of sp³-hybridized carbons (Fsp3) is 0.571. The molecule has 1 aromatic rings. The molecule has 0 amide bonds. The van der Waals surface area contributed by atoms with Gasteiger partial charge in [-0.1, -0.05) is 0 Å². The minimum Gasteiger partial charge on any atom is -0.379 e. The van der Waals surface area contributed by atoms with E-state index in [2.05, 4.69) is 10.6 Å². The fourth-order valence-corrected chi connectivity index (χ4v) is 2.32. The quantitative estimate of drug-likeness (QED) is 0.459. The van der Waals surface area contributed by atoms with Gasteiger partial charge in [-0.2, -0.15) is 0 Å². The highest BCUT2D eigenvalue weighted by Crippen LogP contribution is 2.24. The molecule has 1 fully saturated rings. The van der Waals surface area contributed by atoms with Crippen LogP contribution in [0.4, 0.5) is 15.8 Å². The van der Waals surface area contributed by atoms with Crippen molar-refractivity contribution in [2.75, 3.05) is 31.6 Å². The summed E-state index contributed by atoms with van der Waals surface area (Å²) >= 11 is 0. The maximum Gasteiger partial charge on any atom is 0.292 e. The summed E-state index contributed by atoms with van der Waals surface area (Å²) in [4.78, 5) is 10.3. The van der Waals surface area contributed by atoms with Gasteiger partial charge in [0, 0.05) is 25.3 Å². The number of hydrogen-bond donors (Lipinski definition) is 2. The van der Waals surface area contributed by atoms with Crippen molar-refractivity contribution >= 4 is 11.4 Å². The van der Waals surface area contributed by atoms with Crippen LogP contribution >= 0.6 is 0 Å². The molecule has 7 heteroatoms. The lowest BCUT2D eigenvalue weighted by atomic mass is 10.1. The number of nitro groups is 1. The Morgan fingerprint density at radius 2 is 2.19 bits per heavy atom. The van der Waals surface area contributed by atoms with Crippen molar-refractivity contribution in [3.63, 3.8) is 0 Å². The average molecular weight is 297 g/mol. The van der Waals surface area contributed by atoms with Crippen LogP contribution in [0.1, 0.15) is 19.3 Å². The highest BCUT2D eigenvalue weighted by molar-refractivity contribution is 5.61. The molecule has 21 heavy (non-hydrogen) atoms. The van der Waals surface area contributed by atoms with E-state index in [1.165, 1.54) is 6.07 Å². The third-order valence-corrected chi connectivity index (χ3v) is 3.43. The second kappa shape index (κ2) is 7.90. The number of nitrogens with zero attached hydrogens (tertiary/aromatic N) is 1. The minimum absolute atomic E-state index is 0.115. The molecule has 0 aliphatic carbocycles. The summed E-state index contributed by atoms with van der Waals surface area (Å²) in [5, 5.41) is 17.0. The third kappa shape index (κ3) is 4.95. The molecule has 6 nitrogen and oxygen atoms in total. The van der Waals surface area contributed by atoms with E-state index in [9.17, 15) is 14.5 Å². The number of anilines is 1. The zero-order valence-corrected chi connectivity index (χ0v) is 11.8. The Hall–Kier alpha value is -1.73. The second-order valence-corrected chi connectivity index (χ2v) is 5.02. The number of ether oxygens (including phenoxy) is 1. The largest absolute Gasteiger partial charge is 0.379 e. The number of piperidine rings is 1. The topological polar surface area (TPSA) is 76.4 Å². The van der Waals surface area contributed by atoms with Crippen LogP contribution in [0.5, 0.6) is 0 Å². The molecule has 0 unspecified atom stereocenters. The lowest BCUT2D eigenvalue weighted by Crippen LogP contribution is -2.32. The van der Waals surface area contributed by atoms with Crippen molar-refractivity contribution in [1.82, 2.24) is 5.32 Å². The predicted molar refractivity (Wildman–Crippen MR) is 78.0 cm³/mol. The molecule has 0 bridgehead atoms. The summed E-state index contributed by atoms with van der Waals surface area (Å²) in [6.45, 7) is 3.08. The molecule has 0 spiro atoms. The summed E-state index contributed by atoms with van der Waals surface area (Å²) in [5.41, 5.74) is 0.0949. The van der Waals surface area contributed by atoms with Crippen LogP contribution in [0.2, 0.25) is 0 Å². The van der Waals surface area contributed by atoms with Gasteiger partial charge in [-0.3, -0.25) is 10.1 Å². The van der Waals surface area contributed by atoms with Gasteiger partial charge in [0.25, 0.3) is 5.69 Å². The lowest BCUT2D eigenvalue weighted by molar-refractivity contribution is -0.384. The Morgan fingerprint density at radius 1 is 1.43 bits per heavy atom. The first-order valence-corrected chi connectivity index (χ1v) is 7.17. The van der Waals surface area contributed by atoms with Gasteiger partial charge in [-0.25, -0.2) is 4.39 Å². The fourth-order valence-electron chi connectivity index (χ4n) is 2.32. The molecule has 116 valence electrons. The van der Waals surface area contributed by atoms with Gasteiger partial charge in [-0.05, 0) is 38.4 Å². The lowest BCUT2D eigenvalue weighted by Gasteiger charge is -2.22. The summed E-state index contributed by atoms with van der Waals surface area (Å²) in [6, 6.07) is 3.40. The summed E-state index contributed by atoms with van der Waals surface area (Å²) in [6.07, 6.45) is 3.05. The Morgan fingerprint density at radius 3 is 2.90 bits per heavy atom. The maximum atomic E-state index is 13.1. The molecule has 1 aromatic carbocycles. The number of nitro benzene ring substituents is 1. The van der Waals surface area contributed by atoms with E-state index in [4.69, 9.17) is 4.74 Å². The molecule has 1 aliphatic heterocycles. The van der Waals surface area contributed by atoms with Crippen LogP contribution in [0.15, 0.2) is 18.2 Å². The molecule has 0 atom stereocenters. The van der Waals surface area contributed by atoms with E-state index in [1.807, 2.05) is 0 Å². The molecular weight excluding hydrogens is 277 g/mol. The van der Waals surface area contributed by atoms with Gasteiger partial charge in [0.2, 0.25) is 0 Å². The first-order valence-electron chi connectivity index (χ1n) is 7.17. The molecular formula is C14H20FN3O3. The number of benzene rings is 1. The summed E-state index contributed by atoms with van der Waals surface area (Å²) in [7, 11) is 0. The third-order valence-electron chi connectivity index (χ3n) is 3.43. The first-order chi connectivity index (χ1) is 10.2. The molecule has 2 rings (SSSR count). The van der Waals surface area contributed by atoms with Crippen LogP contribution in [0, 0.1) is 15.9 Å². The first kappa shape index (κ1) is 15.7. The Balaban J connectivity index is 1.73.